The van der Waals surface area contributed by atoms with E-state index >= 15 is 0 Å². The van der Waals surface area contributed by atoms with Crippen molar-refractivity contribution in [1.82, 2.24) is 20.4 Å². The standard InChI is InChI=1S/C17H22N4O/c1-13-10-16(20-21(13)15-7-3-2-4-8-15)17(22)19-12-14-6-5-9-18-11-14/h2-4,7-8,10,14,18H,5-6,9,11-12H2,1H3,(H,19,22)/t14-/m1/s1. The number of amides is 1. The molecular weight excluding hydrogens is 276 g/mol. The van der Waals surface area contributed by atoms with Crippen LogP contribution in [0.2, 0.25) is 0 Å². The van der Waals surface area contributed by atoms with Crippen molar-refractivity contribution >= 4 is 5.91 Å². The molecule has 2 aromatic rings. The van der Waals surface area contributed by atoms with Crippen LogP contribution in [0.5, 0.6) is 0 Å². The largest absolute Gasteiger partial charge is 0.350 e. The number of nitrogens with zero attached hydrogens (tertiary/aromatic N) is 2. The monoisotopic (exact) mass is 298 g/mol. The summed E-state index contributed by atoms with van der Waals surface area (Å²) >= 11 is 0. The number of para-hydroxylation sites is 1. The number of benzene rings is 1. The van der Waals surface area contributed by atoms with Crippen LogP contribution >= 0.6 is 0 Å². The summed E-state index contributed by atoms with van der Waals surface area (Å²) in [7, 11) is 0. The minimum atomic E-state index is -0.0941. The molecule has 0 aliphatic carbocycles. The third-order valence-electron chi connectivity index (χ3n) is 4.07. The lowest BCUT2D eigenvalue weighted by molar-refractivity contribution is 0.0939. The van der Waals surface area contributed by atoms with E-state index in [-0.39, 0.29) is 5.91 Å². The molecule has 1 atom stereocenters. The highest BCUT2D eigenvalue weighted by atomic mass is 16.1. The fourth-order valence-corrected chi connectivity index (χ4v) is 2.84. The molecule has 2 heterocycles. The average molecular weight is 298 g/mol. The Morgan fingerprint density at radius 3 is 2.95 bits per heavy atom. The Balaban J connectivity index is 1.66. The highest BCUT2D eigenvalue weighted by Gasteiger charge is 2.17. The summed E-state index contributed by atoms with van der Waals surface area (Å²) in [4.78, 5) is 12.3. The average Bonchev–Trinajstić information content (AvgIpc) is 2.96. The van der Waals surface area contributed by atoms with E-state index in [1.54, 1.807) is 4.68 Å². The molecule has 0 unspecified atom stereocenters. The van der Waals surface area contributed by atoms with Crippen molar-refractivity contribution < 1.29 is 4.79 Å². The molecule has 0 bridgehead atoms. The normalized spacial score (nSPS) is 18.1. The van der Waals surface area contributed by atoms with Crippen LogP contribution in [0.4, 0.5) is 0 Å². The molecule has 3 rings (SSSR count). The second-order valence-electron chi connectivity index (χ2n) is 5.84. The van der Waals surface area contributed by atoms with Gasteiger partial charge in [-0.2, -0.15) is 5.10 Å². The predicted molar refractivity (Wildman–Crippen MR) is 86.2 cm³/mol. The lowest BCUT2D eigenvalue weighted by Crippen LogP contribution is -2.38. The van der Waals surface area contributed by atoms with E-state index < -0.39 is 0 Å². The third-order valence-corrected chi connectivity index (χ3v) is 4.07. The molecule has 0 saturated carbocycles. The smallest absolute Gasteiger partial charge is 0.271 e. The van der Waals surface area contributed by atoms with Crippen molar-refractivity contribution in [3.05, 3.63) is 47.8 Å². The Bertz CT molecular complexity index is 629. The number of aryl methyl sites for hydroxylation is 1. The molecule has 1 fully saturated rings. The maximum Gasteiger partial charge on any atom is 0.271 e. The molecule has 0 spiro atoms. The molecule has 1 aromatic carbocycles. The number of carbonyl (C=O) groups is 1. The fourth-order valence-electron chi connectivity index (χ4n) is 2.84. The summed E-state index contributed by atoms with van der Waals surface area (Å²) in [5.74, 6) is 0.429. The Kier molecular flexibility index (Phi) is 4.53. The van der Waals surface area contributed by atoms with Gasteiger partial charge in [0.15, 0.2) is 5.69 Å². The summed E-state index contributed by atoms with van der Waals surface area (Å²) in [6.07, 6.45) is 2.35. The highest BCUT2D eigenvalue weighted by Crippen LogP contribution is 2.12. The van der Waals surface area contributed by atoms with Gasteiger partial charge < -0.3 is 10.6 Å². The Labute approximate surface area is 130 Å². The molecule has 0 radical (unpaired) electrons. The third kappa shape index (κ3) is 3.36. The zero-order chi connectivity index (χ0) is 15.4. The first-order valence-corrected chi connectivity index (χ1v) is 7.85. The molecule has 1 amide bonds. The molecule has 1 aliphatic heterocycles. The molecule has 5 nitrogen and oxygen atoms in total. The number of hydrogen-bond acceptors (Lipinski definition) is 3. The Hall–Kier alpha value is -2.14. The van der Waals surface area contributed by atoms with Crippen LogP contribution in [0, 0.1) is 12.8 Å². The SMILES string of the molecule is Cc1cc(C(=O)NC[C@@H]2CCCNC2)nn1-c1ccccc1. The minimum Gasteiger partial charge on any atom is -0.350 e. The van der Waals surface area contributed by atoms with Crippen molar-refractivity contribution in [2.24, 2.45) is 5.92 Å². The van der Waals surface area contributed by atoms with Gasteiger partial charge in [-0.05, 0) is 57.0 Å². The second-order valence-corrected chi connectivity index (χ2v) is 5.84. The summed E-state index contributed by atoms with van der Waals surface area (Å²) in [6, 6.07) is 11.7. The van der Waals surface area contributed by atoms with Crippen LogP contribution in [0.15, 0.2) is 36.4 Å². The topological polar surface area (TPSA) is 59.0 Å². The quantitative estimate of drug-likeness (QED) is 0.906. The van der Waals surface area contributed by atoms with Crippen molar-refractivity contribution in [2.45, 2.75) is 19.8 Å². The number of hydrogen-bond donors (Lipinski definition) is 2. The Morgan fingerprint density at radius 1 is 1.41 bits per heavy atom. The maximum absolute atomic E-state index is 12.3. The summed E-state index contributed by atoms with van der Waals surface area (Å²) in [5.41, 5.74) is 2.40. The number of nitrogens with one attached hydrogen (secondary N) is 2. The number of carbonyl (C=O) groups excluding carboxylic acids is 1. The lowest BCUT2D eigenvalue weighted by atomic mass is 10.00. The molecular formula is C17H22N4O. The molecule has 1 aliphatic rings. The molecule has 5 heteroatoms. The van der Waals surface area contributed by atoms with E-state index in [0.29, 0.717) is 18.2 Å². The molecule has 22 heavy (non-hydrogen) atoms. The van der Waals surface area contributed by atoms with Gasteiger partial charge in [0.1, 0.15) is 0 Å². The molecule has 1 saturated heterocycles. The molecule has 1 aromatic heterocycles. The zero-order valence-corrected chi connectivity index (χ0v) is 12.9. The van der Waals surface area contributed by atoms with Gasteiger partial charge in [0, 0.05) is 12.2 Å². The second kappa shape index (κ2) is 6.75. The van der Waals surface area contributed by atoms with E-state index in [2.05, 4.69) is 15.7 Å². The first kappa shape index (κ1) is 14.8. The fraction of sp³-hybridized carbons (Fsp3) is 0.412. The van der Waals surface area contributed by atoms with Gasteiger partial charge in [-0.15, -0.1) is 0 Å². The maximum atomic E-state index is 12.3. The van der Waals surface area contributed by atoms with E-state index in [1.807, 2.05) is 43.3 Å². The van der Waals surface area contributed by atoms with Crippen molar-refractivity contribution in [3.8, 4) is 5.69 Å². The van der Waals surface area contributed by atoms with E-state index in [1.165, 1.54) is 12.8 Å². The van der Waals surface area contributed by atoms with Crippen molar-refractivity contribution in [1.29, 1.82) is 0 Å². The van der Waals surface area contributed by atoms with E-state index in [9.17, 15) is 4.79 Å². The van der Waals surface area contributed by atoms with E-state index in [0.717, 1.165) is 24.5 Å². The summed E-state index contributed by atoms with van der Waals surface area (Å²) in [6.45, 7) is 4.74. The lowest BCUT2D eigenvalue weighted by Gasteiger charge is -2.22. The van der Waals surface area contributed by atoms with Crippen LogP contribution in [0.3, 0.4) is 0 Å². The number of piperidine rings is 1. The number of aromatic nitrogens is 2. The minimum absolute atomic E-state index is 0.0941. The van der Waals surface area contributed by atoms with E-state index in [4.69, 9.17) is 0 Å². The van der Waals surface area contributed by atoms with Crippen molar-refractivity contribution in [3.63, 3.8) is 0 Å². The van der Waals surface area contributed by atoms with Gasteiger partial charge >= 0.3 is 0 Å². The highest BCUT2D eigenvalue weighted by molar-refractivity contribution is 5.92. The van der Waals surface area contributed by atoms with Gasteiger partial charge in [0.2, 0.25) is 0 Å². The molecule has 116 valence electrons. The van der Waals surface area contributed by atoms with Crippen molar-refractivity contribution in [2.75, 3.05) is 19.6 Å². The van der Waals surface area contributed by atoms with Crippen LogP contribution in [-0.4, -0.2) is 35.3 Å². The van der Waals surface area contributed by atoms with Crippen LogP contribution in [-0.2, 0) is 0 Å². The predicted octanol–water partition coefficient (Wildman–Crippen LogP) is 1.91. The summed E-state index contributed by atoms with van der Waals surface area (Å²) < 4.78 is 1.80. The van der Waals surface area contributed by atoms with Gasteiger partial charge in [0.05, 0.1) is 5.69 Å². The Morgan fingerprint density at radius 2 is 2.23 bits per heavy atom. The van der Waals surface area contributed by atoms with Gasteiger partial charge in [-0.25, -0.2) is 4.68 Å². The first-order valence-electron chi connectivity index (χ1n) is 7.85. The van der Waals surface area contributed by atoms with Gasteiger partial charge in [-0.1, -0.05) is 18.2 Å². The zero-order valence-electron chi connectivity index (χ0n) is 12.9. The van der Waals surface area contributed by atoms with Crippen LogP contribution in [0.1, 0.15) is 29.0 Å². The van der Waals surface area contributed by atoms with Crippen LogP contribution < -0.4 is 10.6 Å². The summed E-state index contributed by atoms with van der Waals surface area (Å²) in [5, 5.41) is 10.8. The molecule has 2 N–H and O–H groups in total. The number of rotatable bonds is 4. The van der Waals surface area contributed by atoms with Crippen LogP contribution in [0.25, 0.3) is 5.69 Å². The van der Waals surface area contributed by atoms with Gasteiger partial charge in [-0.3, -0.25) is 4.79 Å². The van der Waals surface area contributed by atoms with Gasteiger partial charge in [0.25, 0.3) is 5.91 Å². The first-order chi connectivity index (χ1) is 10.7.